The highest BCUT2D eigenvalue weighted by Crippen LogP contribution is 2.25. The van der Waals surface area contributed by atoms with Crippen LogP contribution in [0.1, 0.15) is 19.4 Å². The summed E-state index contributed by atoms with van der Waals surface area (Å²) in [5.41, 5.74) is 1.13. The maximum absolute atomic E-state index is 12.0. The van der Waals surface area contributed by atoms with Crippen molar-refractivity contribution in [1.29, 1.82) is 0 Å². The summed E-state index contributed by atoms with van der Waals surface area (Å²) in [6, 6.07) is 4.08. The number of guanidine groups is 1. The Morgan fingerprint density at radius 1 is 1.30 bits per heavy atom. The molecule has 2 saturated heterocycles. The third-order valence-corrected chi connectivity index (χ3v) is 5.82. The number of likely N-dealkylation sites (N-methyl/N-ethyl adjacent to an activating group) is 1. The molecule has 0 saturated carbocycles. The summed E-state index contributed by atoms with van der Waals surface area (Å²) in [6.07, 6.45) is 1.86. The van der Waals surface area contributed by atoms with Crippen molar-refractivity contribution in [2.75, 3.05) is 64.9 Å². The maximum atomic E-state index is 12.0. The van der Waals surface area contributed by atoms with Gasteiger partial charge in [0.15, 0.2) is 5.96 Å². The number of rotatable bonds is 5. The van der Waals surface area contributed by atoms with Crippen molar-refractivity contribution in [2.45, 2.75) is 20.4 Å². The van der Waals surface area contributed by atoms with Crippen LogP contribution >= 0.6 is 24.0 Å². The molecular formula is C21H35IN6O2. The van der Waals surface area contributed by atoms with Crippen molar-refractivity contribution in [1.82, 2.24) is 20.1 Å². The van der Waals surface area contributed by atoms with Crippen molar-refractivity contribution in [3.63, 3.8) is 0 Å². The molecule has 0 bridgehead atoms. The normalized spacial score (nSPS) is 22.6. The van der Waals surface area contributed by atoms with Gasteiger partial charge in [0.1, 0.15) is 5.82 Å². The van der Waals surface area contributed by atoms with Crippen LogP contribution in [0.5, 0.6) is 0 Å². The smallest absolute Gasteiger partial charge is 0.310 e. The number of likely N-dealkylation sites (tertiary alicyclic amines) is 1. The Labute approximate surface area is 197 Å². The number of aliphatic imine (C=N–C) groups is 1. The van der Waals surface area contributed by atoms with E-state index in [2.05, 4.69) is 52.0 Å². The third-order valence-electron chi connectivity index (χ3n) is 5.82. The van der Waals surface area contributed by atoms with Gasteiger partial charge in [0.2, 0.25) is 0 Å². The SMILES string of the molecule is CCNC(=NCc1cccnc1N1CCN(C)CC1)N1CC(C)C(C(=O)OC)C1.I. The van der Waals surface area contributed by atoms with Gasteiger partial charge in [-0.15, -0.1) is 24.0 Å². The molecule has 1 aromatic heterocycles. The van der Waals surface area contributed by atoms with Gasteiger partial charge in [-0.1, -0.05) is 13.0 Å². The number of halogens is 1. The fourth-order valence-corrected chi connectivity index (χ4v) is 4.04. The highest BCUT2D eigenvalue weighted by atomic mass is 127. The number of pyridine rings is 1. The topological polar surface area (TPSA) is 73.3 Å². The Balaban J connectivity index is 0.00000320. The van der Waals surface area contributed by atoms with Crippen molar-refractivity contribution in [3.05, 3.63) is 23.9 Å². The van der Waals surface area contributed by atoms with Crippen LogP contribution in [0.3, 0.4) is 0 Å². The van der Waals surface area contributed by atoms with E-state index in [1.807, 2.05) is 12.3 Å². The second kappa shape index (κ2) is 11.7. The number of methoxy groups -OCH3 is 1. The van der Waals surface area contributed by atoms with Crippen LogP contribution in [0.25, 0.3) is 0 Å². The molecule has 168 valence electrons. The Morgan fingerprint density at radius 2 is 2.03 bits per heavy atom. The van der Waals surface area contributed by atoms with Gasteiger partial charge < -0.3 is 24.8 Å². The number of piperazine rings is 1. The molecule has 8 nitrogen and oxygen atoms in total. The molecule has 1 aromatic rings. The average Bonchev–Trinajstić information content (AvgIpc) is 3.13. The second-order valence-corrected chi connectivity index (χ2v) is 7.96. The number of nitrogens with one attached hydrogen (secondary N) is 1. The van der Waals surface area contributed by atoms with Crippen LogP contribution < -0.4 is 10.2 Å². The first-order valence-corrected chi connectivity index (χ1v) is 10.5. The standard InChI is InChI=1S/C21H34N6O2.HI/c1-5-22-21(27-14-16(2)18(15-27)20(28)29-4)24-13-17-7-6-8-23-19(17)26-11-9-25(3)10-12-26;/h6-8,16,18H,5,9-15H2,1-4H3,(H,22,24);1H. The van der Waals surface area contributed by atoms with E-state index in [9.17, 15) is 4.79 Å². The largest absolute Gasteiger partial charge is 0.469 e. The van der Waals surface area contributed by atoms with Gasteiger partial charge in [0.05, 0.1) is 19.6 Å². The fourth-order valence-electron chi connectivity index (χ4n) is 4.04. The van der Waals surface area contributed by atoms with E-state index in [-0.39, 0.29) is 41.8 Å². The predicted molar refractivity (Wildman–Crippen MR) is 130 cm³/mol. The number of anilines is 1. The first kappa shape index (κ1) is 24.6. The summed E-state index contributed by atoms with van der Waals surface area (Å²) in [5.74, 6) is 1.87. The van der Waals surface area contributed by atoms with E-state index in [4.69, 9.17) is 9.73 Å². The molecule has 2 unspecified atom stereocenters. The van der Waals surface area contributed by atoms with Crippen molar-refractivity contribution in [3.8, 4) is 0 Å². The minimum atomic E-state index is -0.138. The van der Waals surface area contributed by atoms with Gasteiger partial charge in [0, 0.05) is 57.6 Å². The van der Waals surface area contributed by atoms with Crippen LogP contribution in [0.2, 0.25) is 0 Å². The molecule has 0 radical (unpaired) electrons. The molecule has 0 aliphatic carbocycles. The number of hydrogen-bond acceptors (Lipinski definition) is 6. The van der Waals surface area contributed by atoms with Crippen LogP contribution in [-0.4, -0.2) is 86.7 Å². The molecule has 2 aliphatic rings. The van der Waals surface area contributed by atoms with Crippen LogP contribution in [0.15, 0.2) is 23.3 Å². The minimum absolute atomic E-state index is 0. The monoisotopic (exact) mass is 530 g/mol. The van der Waals surface area contributed by atoms with E-state index >= 15 is 0 Å². The lowest BCUT2D eigenvalue weighted by Crippen LogP contribution is -2.45. The van der Waals surface area contributed by atoms with Crippen LogP contribution in [0.4, 0.5) is 5.82 Å². The highest BCUT2D eigenvalue weighted by Gasteiger charge is 2.36. The zero-order valence-electron chi connectivity index (χ0n) is 18.5. The summed E-state index contributed by atoms with van der Waals surface area (Å²) in [5, 5.41) is 3.38. The molecule has 9 heteroatoms. The quantitative estimate of drug-likeness (QED) is 0.269. The predicted octanol–water partition coefficient (Wildman–Crippen LogP) is 1.66. The van der Waals surface area contributed by atoms with E-state index in [0.29, 0.717) is 13.1 Å². The fraction of sp³-hybridized carbons (Fsp3) is 0.667. The van der Waals surface area contributed by atoms with E-state index in [1.54, 1.807) is 0 Å². The molecule has 0 amide bonds. The third kappa shape index (κ3) is 5.96. The minimum Gasteiger partial charge on any atom is -0.469 e. The van der Waals surface area contributed by atoms with Gasteiger partial charge in [-0.05, 0) is 26.0 Å². The Kier molecular flexibility index (Phi) is 9.60. The first-order valence-electron chi connectivity index (χ1n) is 10.5. The second-order valence-electron chi connectivity index (χ2n) is 7.96. The molecule has 2 atom stereocenters. The van der Waals surface area contributed by atoms with Gasteiger partial charge >= 0.3 is 5.97 Å². The molecule has 30 heavy (non-hydrogen) atoms. The lowest BCUT2D eigenvalue weighted by molar-refractivity contribution is -0.145. The lowest BCUT2D eigenvalue weighted by Gasteiger charge is -2.34. The number of carbonyl (C=O) groups is 1. The van der Waals surface area contributed by atoms with Crippen molar-refractivity contribution in [2.24, 2.45) is 16.8 Å². The molecule has 3 heterocycles. The summed E-state index contributed by atoms with van der Waals surface area (Å²) in [7, 11) is 3.61. The molecule has 2 aliphatic heterocycles. The number of hydrogen-bond donors (Lipinski definition) is 1. The highest BCUT2D eigenvalue weighted by molar-refractivity contribution is 14.0. The summed E-state index contributed by atoms with van der Waals surface area (Å²) in [6.45, 7) is 11.0. The Bertz CT molecular complexity index is 723. The van der Waals surface area contributed by atoms with Crippen molar-refractivity contribution < 1.29 is 9.53 Å². The van der Waals surface area contributed by atoms with Crippen LogP contribution in [0, 0.1) is 11.8 Å². The summed E-state index contributed by atoms with van der Waals surface area (Å²) >= 11 is 0. The zero-order chi connectivity index (χ0) is 20.8. The number of ether oxygens (including phenoxy) is 1. The molecule has 3 rings (SSSR count). The molecular weight excluding hydrogens is 495 g/mol. The molecule has 2 fully saturated rings. The number of esters is 1. The van der Waals surface area contributed by atoms with Gasteiger partial charge in [-0.25, -0.2) is 9.98 Å². The van der Waals surface area contributed by atoms with Gasteiger partial charge in [0.25, 0.3) is 0 Å². The zero-order valence-corrected chi connectivity index (χ0v) is 20.8. The molecule has 1 N–H and O–H groups in total. The first-order chi connectivity index (χ1) is 14.0. The van der Waals surface area contributed by atoms with E-state index in [1.165, 1.54) is 7.11 Å². The molecule has 0 aromatic carbocycles. The summed E-state index contributed by atoms with van der Waals surface area (Å²) < 4.78 is 4.97. The van der Waals surface area contributed by atoms with Gasteiger partial charge in [-0.2, -0.15) is 0 Å². The maximum Gasteiger partial charge on any atom is 0.310 e. The average molecular weight is 530 g/mol. The number of nitrogens with zero attached hydrogens (tertiary/aromatic N) is 5. The van der Waals surface area contributed by atoms with Crippen molar-refractivity contribution >= 4 is 41.7 Å². The Hall–Kier alpha value is -1.62. The molecule has 0 spiro atoms. The van der Waals surface area contributed by atoms with E-state index < -0.39 is 0 Å². The van der Waals surface area contributed by atoms with Gasteiger partial charge in [-0.3, -0.25) is 4.79 Å². The van der Waals surface area contributed by atoms with E-state index in [0.717, 1.165) is 56.6 Å². The van der Waals surface area contributed by atoms with Crippen LogP contribution in [-0.2, 0) is 16.1 Å². The summed E-state index contributed by atoms with van der Waals surface area (Å²) in [4.78, 5) is 28.4. The number of carbonyl (C=O) groups excluding carboxylic acids is 1. The number of aromatic nitrogens is 1. The Morgan fingerprint density at radius 3 is 2.70 bits per heavy atom. The lowest BCUT2D eigenvalue weighted by atomic mass is 9.99.